The van der Waals surface area contributed by atoms with Gasteiger partial charge in [-0.05, 0) is 60.7 Å². The van der Waals surface area contributed by atoms with Crippen molar-refractivity contribution in [1.29, 1.82) is 0 Å². The molecular weight excluding hydrogens is 578 g/mol. The van der Waals surface area contributed by atoms with Crippen LogP contribution in [0.4, 0.5) is 17.1 Å². The van der Waals surface area contributed by atoms with Crippen LogP contribution in [0.15, 0.2) is 152 Å². The summed E-state index contributed by atoms with van der Waals surface area (Å²) in [4.78, 5) is 2.29. The van der Waals surface area contributed by atoms with E-state index in [0.29, 0.717) is 0 Å². The Kier molecular flexibility index (Phi) is 4.78. The van der Waals surface area contributed by atoms with Crippen molar-refractivity contribution in [3.8, 4) is 34.4 Å². The summed E-state index contributed by atoms with van der Waals surface area (Å²) in [6.45, 7) is 0. The molecule has 0 saturated carbocycles. The number of aromatic nitrogens is 2. The number of ether oxygens (including phenoxy) is 2. The summed E-state index contributed by atoms with van der Waals surface area (Å²) in [5, 5.41) is 4.58. The summed E-state index contributed by atoms with van der Waals surface area (Å²) in [6, 6.07) is 53.2. The average molecular weight is 604 g/mol. The molecule has 0 atom stereocenters. The Hall–Kier alpha value is -6.46. The molecular formula is C42H25N3O2. The zero-order valence-electron chi connectivity index (χ0n) is 25.1. The Morgan fingerprint density at radius 1 is 0.383 bits per heavy atom. The quantitative estimate of drug-likeness (QED) is 0.197. The van der Waals surface area contributed by atoms with E-state index in [2.05, 4.69) is 141 Å². The summed E-state index contributed by atoms with van der Waals surface area (Å²) in [5.41, 5.74) is 9.63. The molecule has 4 heterocycles. The highest BCUT2D eigenvalue weighted by atomic mass is 16.5. The number of para-hydroxylation sites is 7. The largest absolute Gasteiger partial charge is 0.453 e. The van der Waals surface area contributed by atoms with Crippen molar-refractivity contribution in [1.82, 2.24) is 9.13 Å². The van der Waals surface area contributed by atoms with Crippen LogP contribution in [-0.2, 0) is 0 Å². The molecule has 0 radical (unpaired) electrons. The third-order valence-electron chi connectivity index (χ3n) is 9.65. The third-order valence-corrected chi connectivity index (χ3v) is 9.65. The summed E-state index contributed by atoms with van der Waals surface area (Å²) in [5.74, 6) is 3.21. The number of benzene rings is 7. The Balaban J connectivity index is 1.29. The summed E-state index contributed by atoms with van der Waals surface area (Å²) >= 11 is 0. The molecule has 0 spiro atoms. The van der Waals surface area contributed by atoms with E-state index in [1.54, 1.807) is 0 Å². The minimum Gasteiger partial charge on any atom is -0.453 e. The fraction of sp³-hybridized carbons (Fsp3) is 0. The summed E-state index contributed by atoms with van der Waals surface area (Å²) in [7, 11) is 0. The maximum absolute atomic E-state index is 6.89. The van der Waals surface area contributed by atoms with Gasteiger partial charge in [-0.1, -0.05) is 84.9 Å². The highest BCUT2D eigenvalue weighted by molar-refractivity contribution is 6.20. The minimum atomic E-state index is 0.767. The molecule has 2 aliphatic heterocycles. The lowest BCUT2D eigenvalue weighted by atomic mass is 10.0. The van der Waals surface area contributed by atoms with E-state index < -0.39 is 0 Å². The smallest absolute Gasteiger partial charge is 0.165 e. The van der Waals surface area contributed by atoms with Crippen LogP contribution in [0.2, 0.25) is 0 Å². The molecule has 0 aliphatic carbocycles. The van der Waals surface area contributed by atoms with Gasteiger partial charge >= 0.3 is 0 Å². The number of fused-ring (bicyclic) bond motifs is 11. The van der Waals surface area contributed by atoms with Crippen molar-refractivity contribution in [3.63, 3.8) is 0 Å². The SMILES string of the molecule is c1ccc(-n2c3ccccc3c3c(-n4c5ccccc5c5c6c7c(cc54)Oc4ccccc4N7c4ccccc4O6)cccc32)cc1. The highest BCUT2D eigenvalue weighted by Crippen LogP contribution is 2.62. The van der Waals surface area contributed by atoms with Crippen LogP contribution in [0.5, 0.6) is 23.0 Å². The van der Waals surface area contributed by atoms with Gasteiger partial charge < -0.3 is 18.6 Å². The van der Waals surface area contributed by atoms with Crippen LogP contribution in [0.3, 0.4) is 0 Å². The number of rotatable bonds is 2. The van der Waals surface area contributed by atoms with Gasteiger partial charge in [0.25, 0.3) is 0 Å². The van der Waals surface area contributed by atoms with E-state index in [0.717, 1.165) is 78.8 Å². The second-order valence-electron chi connectivity index (χ2n) is 12.1. The molecule has 11 rings (SSSR count). The fourth-order valence-electron chi connectivity index (χ4n) is 7.80. The van der Waals surface area contributed by atoms with E-state index in [1.807, 2.05) is 24.3 Å². The molecule has 0 bridgehead atoms. The minimum absolute atomic E-state index is 0.767. The van der Waals surface area contributed by atoms with Gasteiger partial charge in [0.1, 0.15) is 5.69 Å². The fourth-order valence-corrected chi connectivity index (χ4v) is 7.80. The number of anilines is 3. The lowest BCUT2D eigenvalue weighted by Gasteiger charge is -2.38. The second-order valence-corrected chi connectivity index (χ2v) is 12.1. The molecule has 5 heteroatoms. The second kappa shape index (κ2) is 9.05. The van der Waals surface area contributed by atoms with Crippen LogP contribution in [0, 0.1) is 0 Å². The van der Waals surface area contributed by atoms with Crippen LogP contribution in [-0.4, -0.2) is 9.13 Å². The Labute approximate surface area is 269 Å². The molecule has 7 aromatic carbocycles. The first-order valence-electron chi connectivity index (χ1n) is 15.9. The van der Waals surface area contributed by atoms with Gasteiger partial charge in [-0.15, -0.1) is 0 Å². The van der Waals surface area contributed by atoms with Crippen LogP contribution in [0.25, 0.3) is 55.0 Å². The standard InChI is InChI=1S/C42H25N3O2/c1-2-13-26(14-3-1)43-29-17-6-4-15-27(29)39-33(43)21-12-22-34(39)44-30-18-7-5-16-28(30)40-35(44)25-38-41-42(40)47-37-24-11-9-20-32(37)45(41)31-19-8-10-23-36(31)46-38/h1-25H. The first kappa shape index (κ1) is 24.8. The maximum atomic E-state index is 6.89. The Morgan fingerprint density at radius 2 is 0.957 bits per heavy atom. The molecule has 9 aromatic rings. The van der Waals surface area contributed by atoms with E-state index in [1.165, 1.54) is 16.3 Å². The lowest BCUT2D eigenvalue weighted by Crippen LogP contribution is -2.20. The molecule has 0 unspecified atom stereocenters. The molecule has 2 aromatic heterocycles. The monoisotopic (exact) mass is 603 g/mol. The van der Waals surface area contributed by atoms with Gasteiger partial charge in [0.2, 0.25) is 0 Å². The number of nitrogens with zero attached hydrogens (tertiary/aromatic N) is 3. The van der Waals surface area contributed by atoms with Gasteiger partial charge in [0.15, 0.2) is 23.0 Å². The van der Waals surface area contributed by atoms with Crippen LogP contribution in [0.1, 0.15) is 0 Å². The number of hydrogen-bond acceptors (Lipinski definition) is 3. The average Bonchev–Trinajstić information content (AvgIpc) is 3.65. The number of hydrogen-bond donors (Lipinski definition) is 0. The Morgan fingerprint density at radius 3 is 1.72 bits per heavy atom. The van der Waals surface area contributed by atoms with Crippen molar-refractivity contribution >= 4 is 60.7 Å². The van der Waals surface area contributed by atoms with E-state index in [-0.39, 0.29) is 0 Å². The van der Waals surface area contributed by atoms with Gasteiger partial charge in [0.05, 0.1) is 44.5 Å². The van der Waals surface area contributed by atoms with Crippen LogP contribution >= 0.6 is 0 Å². The first-order chi connectivity index (χ1) is 23.3. The zero-order chi connectivity index (χ0) is 30.6. The summed E-state index contributed by atoms with van der Waals surface area (Å²) < 4.78 is 18.4. The third kappa shape index (κ3) is 3.22. The van der Waals surface area contributed by atoms with Crippen molar-refractivity contribution in [3.05, 3.63) is 152 Å². The van der Waals surface area contributed by atoms with Crippen LogP contribution < -0.4 is 14.4 Å². The van der Waals surface area contributed by atoms with Crippen molar-refractivity contribution < 1.29 is 9.47 Å². The van der Waals surface area contributed by atoms with Gasteiger partial charge in [-0.2, -0.15) is 0 Å². The zero-order valence-corrected chi connectivity index (χ0v) is 25.1. The van der Waals surface area contributed by atoms with Gasteiger partial charge in [-0.25, -0.2) is 0 Å². The molecule has 220 valence electrons. The Bertz CT molecular complexity index is 2750. The highest BCUT2D eigenvalue weighted by Gasteiger charge is 2.37. The molecule has 0 saturated heterocycles. The normalized spacial score (nSPS) is 13.0. The molecule has 0 fully saturated rings. The van der Waals surface area contributed by atoms with Gasteiger partial charge in [0, 0.05) is 27.9 Å². The predicted molar refractivity (Wildman–Crippen MR) is 190 cm³/mol. The molecule has 5 nitrogen and oxygen atoms in total. The van der Waals surface area contributed by atoms with Crippen molar-refractivity contribution in [2.45, 2.75) is 0 Å². The van der Waals surface area contributed by atoms with E-state index in [4.69, 9.17) is 9.47 Å². The molecule has 47 heavy (non-hydrogen) atoms. The van der Waals surface area contributed by atoms with E-state index >= 15 is 0 Å². The molecule has 0 N–H and O–H groups in total. The van der Waals surface area contributed by atoms with Gasteiger partial charge in [-0.3, -0.25) is 4.90 Å². The van der Waals surface area contributed by atoms with Crippen molar-refractivity contribution in [2.24, 2.45) is 0 Å². The topological polar surface area (TPSA) is 31.6 Å². The van der Waals surface area contributed by atoms with Crippen molar-refractivity contribution in [2.75, 3.05) is 4.90 Å². The molecule has 2 aliphatic rings. The predicted octanol–water partition coefficient (Wildman–Crippen LogP) is 11.6. The van der Waals surface area contributed by atoms with E-state index in [9.17, 15) is 0 Å². The molecule has 0 amide bonds. The maximum Gasteiger partial charge on any atom is 0.165 e. The first-order valence-corrected chi connectivity index (χ1v) is 15.9. The summed E-state index contributed by atoms with van der Waals surface area (Å²) in [6.07, 6.45) is 0. The lowest BCUT2D eigenvalue weighted by molar-refractivity contribution is 0.450.